The summed E-state index contributed by atoms with van der Waals surface area (Å²) in [5.74, 6) is 1.59. The molecule has 0 N–H and O–H groups in total. The third-order valence-electron chi connectivity index (χ3n) is 3.24. The highest BCUT2D eigenvalue weighted by molar-refractivity contribution is 7.99. The molecule has 0 bridgehead atoms. The second kappa shape index (κ2) is 5.21. The zero-order valence-corrected chi connectivity index (χ0v) is 11.5. The van der Waals surface area contributed by atoms with E-state index in [1.807, 2.05) is 17.8 Å². The van der Waals surface area contributed by atoms with Gasteiger partial charge in [0.15, 0.2) is 17.2 Å². The summed E-state index contributed by atoms with van der Waals surface area (Å²) < 4.78 is 6.35. The number of ether oxygens (including phenoxy) is 1. The second-order valence-electron chi connectivity index (χ2n) is 4.50. The van der Waals surface area contributed by atoms with Gasteiger partial charge in [-0.3, -0.25) is 0 Å². The SMILES string of the molecule is COC(=O)c1cccc2nc(C3CCCCS3)nn12. The molecule has 5 nitrogen and oxygen atoms in total. The largest absolute Gasteiger partial charge is 0.464 e. The molecule has 0 aliphatic carbocycles. The molecule has 1 fully saturated rings. The van der Waals surface area contributed by atoms with Crippen LogP contribution in [0, 0.1) is 0 Å². The van der Waals surface area contributed by atoms with Crippen LogP contribution in [0.3, 0.4) is 0 Å². The normalized spacial score (nSPS) is 19.5. The van der Waals surface area contributed by atoms with Gasteiger partial charge in [-0.1, -0.05) is 12.5 Å². The maximum atomic E-state index is 11.7. The van der Waals surface area contributed by atoms with Crippen LogP contribution in [0.2, 0.25) is 0 Å². The molecule has 0 amide bonds. The van der Waals surface area contributed by atoms with Crippen molar-refractivity contribution in [3.05, 3.63) is 29.7 Å². The first-order valence-corrected chi connectivity index (χ1v) is 7.40. The van der Waals surface area contributed by atoms with E-state index < -0.39 is 5.97 Å². The Labute approximate surface area is 115 Å². The van der Waals surface area contributed by atoms with Crippen molar-refractivity contribution in [1.82, 2.24) is 14.6 Å². The molecule has 3 rings (SSSR count). The van der Waals surface area contributed by atoms with E-state index in [-0.39, 0.29) is 0 Å². The summed E-state index contributed by atoms with van der Waals surface area (Å²) in [6.07, 6.45) is 3.59. The van der Waals surface area contributed by atoms with E-state index in [4.69, 9.17) is 4.74 Å². The van der Waals surface area contributed by atoms with E-state index in [2.05, 4.69) is 10.1 Å². The molecule has 1 saturated heterocycles. The molecule has 0 spiro atoms. The van der Waals surface area contributed by atoms with Crippen molar-refractivity contribution in [3.8, 4) is 0 Å². The predicted molar refractivity (Wildman–Crippen MR) is 73.4 cm³/mol. The van der Waals surface area contributed by atoms with Gasteiger partial charge in [-0.2, -0.15) is 11.8 Å². The predicted octanol–water partition coefficient (Wildman–Crippen LogP) is 2.47. The number of nitrogens with zero attached hydrogens (tertiary/aromatic N) is 3. The van der Waals surface area contributed by atoms with Crippen LogP contribution in [0.4, 0.5) is 0 Å². The van der Waals surface area contributed by atoms with Gasteiger partial charge in [0.25, 0.3) is 0 Å². The van der Waals surface area contributed by atoms with Crippen molar-refractivity contribution in [2.75, 3.05) is 12.9 Å². The lowest BCUT2D eigenvalue weighted by Crippen LogP contribution is -2.09. The van der Waals surface area contributed by atoms with Crippen LogP contribution >= 0.6 is 11.8 Å². The molecule has 0 aromatic carbocycles. The summed E-state index contributed by atoms with van der Waals surface area (Å²) in [6.45, 7) is 0. The van der Waals surface area contributed by atoms with Gasteiger partial charge >= 0.3 is 5.97 Å². The number of rotatable bonds is 2. The van der Waals surface area contributed by atoms with E-state index in [1.165, 1.54) is 20.0 Å². The van der Waals surface area contributed by atoms with Gasteiger partial charge in [0.1, 0.15) is 0 Å². The van der Waals surface area contributed by atoms with Crippen molar-refractivity contribution >= 4 is 23.4 Å². The molecule has 6 heteroatoms. The quantitative estimate of drug-likeness (QED) is 0.789. The average Bonchev–Trinajstić information content (AvgIpc) is 2.91. The first-order valence-electron chi connectivity index (χ1n) is 6.35. The first kappa shape index (κ1) is 12.5. The number of esters is 1. The maximum Gasteiger partial charge on any atom is 0.356 e. The third kappa shape index (κ3) is 2.32. The molecule has 100 valence electrons. The summed E-state index contributed by atoms with van der Waals surface area (Å²) in [5.41, 5.74) is 1.11. The van der Waals surface area contributed by atoms with Crippen LogP contribution in [0.5, 0.6) is 0 Å². The highest BCUT2D eigenvalue weighted by Gasteiger charge is 2.22. The second-order valence-corrected chi connectivity index (χ2v) is 5.81. The van der Waals surface area contributed by atoms with Crippen LogP contribution in [-0.4, -0.2) is 33.4 Å². The van der Waals surface area contributed by atoms with Crippen molar-refractivity contribution in [2.24, 2.45) is 0 Å². The van der Waals surface area contributed by atoms with Crippen LogP contribution in [0.15, 0.2) is 18.2 Å². The van der Waals surface area contributed by atoms with Gasteiger partial charge in [0.2, 0.25) is 0 Å². The summed E-state index contributed by atoms with van der Waals surface area (Å²) >= 11 is 1.90. The Hall–Kier alpha value is -1.56. The fourth-order valence-electron chi connectivity index (χ4n) is 2.26. The van der Waals surface area contributed by atoms with Gasteiger partial charge in [-0.05, 0) is 30.7 Å². The summed E-state index contributed by atoms with van der Waals surface area (Å²) in [4.78, 5) is 16.2. The van der Waals surface area contributed by atoms with Crippen molar-refractivity contribution in [3.63, 3.8) is 0 Å². The molecular formula is C13H15N3O2S. The Kier molecular flexibility index (Phi) is 3.42. The molecule has 1 aliphatic heterocycles. The van der Waals surface area contributed by atoms with Crippen LogP contribution in [0.25, 0.3) is 5.65 Å². The minimum Gasteiger partial charge on any atom is -0.464 e. The summed E-state index contributed by atoms with van der Waals surface area (Å²) in [7, 11) is 1.37. The molecule has 1 unspecified atom stereocenters. The molecule has 1 atom stereocenters. The van der Waals surface area contributed by atoms with E-state index in [9.17, 15) is 4.79 Å². The van der Waals surface area contributed by atoms with Crippen molar-refractivity contribution in [2.45, 2.75) is 24.5 Å². The zero-order chi connectivity index (χ0) is 13.2. The Bertz CT molecular complexity index is 605. The number of aromatic nitrogens is 3. The standard InChI is InChI=1S/C13H15N3O2S/c1-18-13(17)9-5-4-7-11-14-12(15-16(9)11)10-6-2-3-8-19-10/h4-5,7,10H,2-3,6,8H2,1H3. The Morgan fingerprint density at radius 1 is 1.47 bits per heavy atom. The highest BCUT2D eigenvalue weighted by atomic mass is 32.2. The number of carbonyl (C=O) groups is 1. The minimum absolute atomic E-state index is 0.346. The number of thioether (sulfide) groups is 1. The molecule has 2 aromatic heterocycles. The van der Waals surface area contributed by atoms with Crippen LogP contribution in [-0.2, 0) is 4.74 Å². The number of fused-ring (bicyclic) bond motifs is 1. The zero-order valence-electron chi connectivity index (χ0n) is 10.7. The number of hydrogen-bond donors (Lipinski definition) is 0. The lowest BCUT2D eigenvalue weighted by Gasteiger charge is -2.17. The number of methoxy groups -OCH3 is 1. The van der Waals surface area contributed by atoms with Crippen LogP contribution in [0.1, 0.15) is 40.8 Å². The lowest BCUT2D eigenvalue weighted by molar-refractivity contribution is 0.0591. The molecule has 1 aliphatic rings. The van der Waals surface area contributed by atoms with E-state index in [0.717, 1.165) is 18.0 Å². The molecule has 3 heterocycles. The highest BCUT2D eigenvalue weighted by Crippen LogP contribution is 2.36. The minimum atomic E-state index is -0.390. The molecule has 0 saturated carbocycles. The maximum absolute atomic E-state index is 11.7. The average molecular weight is 277 g/mol. The fourth-order valence-corrected chi connectivity index (χ4v) is 3.50. The van der Waals surface area contributed by atoms with Gasteiger partial charge < -0.3 is 4.74 Å². The van der Waals surface area contributed by atoms with Crippen molar-refractivity contribution in [1.29, 1.82) is 0 Å². The first-order chi connectivity index (χ1) is 9.29. The fraction of sp³-hybridized carbons (Fsp3) is 0.462. The van der Waals surface area contributed by atoms with E-state index in [0.29, 0.717) is 16.6 Å². The summed E-state index contributed by atoms with van der Waals surface area (Å²) in [5, 5.41) is 4.84. The third-order valence-corrected chi connectivity index (χ3v) is 4.61. The molecule has 0 radical (unpaired) electrons. The Morgan fingerprint density at radius 3 is 3.11 bits per heavy atom. The Balaban J connectivity index is 2.02. The molecule has 2 aromatic rings. The van der Waals surface area contributed by atoms with Gasteiger partial charge in [-0.15, -0.1) is 5.10 Å². The number of hydrogen-bond acceptors (Lipinski definition) is 5. The van der Waals surface area contributed by atoms with Crippen LogP contribution < -0.4 is 0 Å². The summed E-state index contributed by atoms with van der Waals surface area (Å²) in [6, 6.07) is 5.36. The van der Waals surface area contributed by atoms with Gasteiger partial charge in [0, 0.05) is 0 Å². The topological polar surface area (TPSA) is 56.5 Å². The Morgan fingerprint density at radius 2 is 2.37 bits per heavy atom. The van der Waals surface area contributed by atoms with E-state index >= 15 is 0 Å². The lowest BCUT2D eigenvalue weighted by atomic mass is 10.2. The van der Waals surface area contributed by atoms with Gasteiger partial charge in [0.05, 0.1) is 12.4 Å². The van der Waals surface area contributed by atoms with E-state index in [1.54, 1.807) is 16.6 Å². The smallest absolute Gasteiger partial charge is 0.356 e. The number of carbonyl (C=O) groups excluding carboxylic acids is 1. The van der Waals surface area contributed by atoms with Gasteiger partial charge in [-0.25, -0.2) is 14.3 Å². The number of pyridine rings is 1. The molecular weight excluding hydrogens is 262 g/mol. The monoisotopic (exact) mass is 277 g/mol. The van der Waals surface area contributed by atoms with Crippen molar-refractivity contribution < 1.29 is 9.53 Å². The molecule has 19 heavy (non-hydrogen) atoms.